The lowest BCUT2D eigenvalue weighted by molar-refractivity contribution is 1.08. The van der Waals surface area contributed by atoms with Crippen LogP contribution in [0.2, 0.25) is 0 Å². The molecule has 0 spiro atoms. The molecule has 0 saturated carbocycles. The molecule has 0 N–H and O–H groups in total. The van der Waals surface area contributed by atoms with Crippen molar-refractivity contribution in [2.45, 2.75) is 0 Å². The molecule has 0 aliphatic carbocycles. The number of hydrogen-bond donors (Lipinski definition) is 0. The monoisotopic (exact) mass is 717 g/mol. The predicted octanol–water partition coefficient (Wildman–Crippen LogP) is 14.0. The fourth-order valence-corrected chi connectivity index (χ4v) is 9.42. The molecule has 0 unspecified atom stereocenters. The van der Waals surface area contributed by atoms with Gasteiger partial charge >= 0.3 is 0 Å². The molecule has 0 radical (unpaired) electrons. The van der Waals surface area contributed by atoms with Crippen molar-refractivity contribution in [3.05, 3.63) is 188 Å². The van der Waals surface area contributed by atoms with Crippen LogP contribution in [0.1, 0.15) is 0 Å². The summed E-state index contributed by atoms with van der Waals surface area (Å²) < 4.78 is 2.42. The highest BCUT2D eigenvalue weighted by Gasteiger charge is 2.22. The summed E-state index contributed by atoms with van der Waals surface area (Å²) in [6.07, 6.45) is 0. The van der Waals surface area contributed by atoms with Gasteiger partial charge in [0.15, 0.2) is 17.5 Å². The van der Waals surface area contributed by atoms with Crippen LogP contribution >= 0.6 is 11.3 Å². The average Bonchev–Trinajstić information content (AvgIpc) is 3.65. The molecule has 0 aliphatic rings. The topological polar surface area (TPSA) is 38.7 Å². The van der Waals surface area contributed by atoms with Crippen molar-refractivity contribution in [1.82, 2.24) is 15.0 Å². The van der Waals surface area contributed by atoms with Crippen LogP contribution in [-0.2, 0) is 0 Å². The molecule has 0 saturated heterocycles. The Bertz CT molecular complexity index is 3270. The lowest BCUT2D eigenvalue weighted by Gasteiger charge is -2.16. The summed E-state index contributed by atoms with van der Waals surface area (Å²) in [6, 6.07) is 66.8. The molecule has 0 aliphatic heterocycles. The molecule has 2 aromatic heterocycles. The van der Waals surface area contributed by atoms with Gasteiger partial charge in [0.2, 0.25) is 0 Å². The van der Waals surface area contributed by atoms with Crippen molar-refractivity contribution < 1.29 is 0 Å². The lowest BCUT2D eigenvalue weighted by Crippen LogP contribution is -2.02. The van der Waals surface area contributed by atoms with Gasteiger partial charge in [-0.3, -0.25) is 0 Å². The smallest absolute Gasteiger partial charge is 0.165 e. The fourth-order valence-electron chi connectivity index (χ4n) is 8.21. The molecule has 0 bridgehead atoms. The Morgan fingerprint density at radius 2 is 0.800 bits per heavy atom. The van der Waals surface area contributed by atoms with Crippen LogP contribution in [0.25, 0.3) is 109 Å². The Morgan fingerprint density at radius 1 is 0.291 bits per heavy atom. The van der Waals surface area contributed by atoms with Gasteiger partial charge in [0.05, 0.1) is 0 Å². The van der Waals surface area contributed by atoms with Crippen LogP contribution in [0.5, 0.6) is 0 Å². The molecular weight excluding hydrogens is 687 g/mol. The largest absolute Gasteiger partial charge is 0.208 e. The van der Waals surface area contributed by atoms with Crippen LogP contribution in [0, 0.1) is 0 Å². The molecule has 3 nitrogen and oxygen atoms in total. The van der Waals surface area contributed by atoms with Gasteiger partial charge in [-0.25, -0.2) is 15.0 Å². The van der Waals surface area contributed by atoms with E-state index in [1.165, 1.54) is 42.1 Å². The van der Waals surface area contributed by atoms with Gasteiger partial charge in [0.25, 0.3) is 0 Å². The van der Waals surface area contributed by atoms with Gasteiger partial charge in [0, 0.05) is 36.9 Å². The van der Waals surface area contributed by atoms with Crippen molar-refractivity contribution >= 4 is 63.8 Å². The zero-order valence-electron chi connectivity index (χ0n) is 29.6. The molecule has 0 amide bonds. The maximum atomic E-state index is 5.44. The molecular formula is C51H31N3S. The Hall–Kier alpha value is -7.01. The Morgan fingerprint density at radius 3 is 1.62 bits per heavy atom. The second-order valence-electron chi connectivity index (χ2n) is 13.9. The maximum absolute atomic E-state index is 5.44. The molecule has 0 atom stereocenters. The summed E-state index contributed by atoms with van der Waals surface area (Å²) in [5.74, 6) is 1.95. The summed E-state index contributed by atoms with van der Waals surface area (Å²) >= 11 is 1.79. The predicted molar refractivity (Wildman–Crippen MR) is 232 cm³/mol. The van der Waals surface area contributed by atoms with E-state index >= 15 is 0 Å². The summed E-state index contributed by atoms with van der Waals surface area (Å²) in [5.41, 5.74) is 7.55. The average molecular weight is 718 g/mol. The quantitative estimate of drug-likeness (QED) is 0.178. The minimum absolute atomic E-state index is 0.644. The van der Waals surface area contributed by atoms with Crippen molar-refractivity contribution in [1.29, 1.82) is 0 Å². The fraction of sp³-hybridized carbons (Fsp3) is 0. The van der Waals surface area contributed by atoms with Crippen LogP contribution in [-0.4, -0.2) is 15.0 Å². The third-order valence-electron chi connectivity index (χ3n) is 10.8. The van der Waals surface area contributed by atoms with E-state index in [0.29, 0.717) is 17.5 Å². The van der Waals surface area contributed by atoms with E-state index < -0.39 is 0 Å². The van der Waals surface area contributed by atoms with Crippen molar-refractivity contribution in [3.63, 3.8) is 0 Å². The van der Waals surface area contributed by atoms with E-state index in [4.69, 9.17) is 15.0 Å². The van der Waals surface area contributed by atoms with Crippen LogP contribution < -0.4 is 0 Å². The van der Waals surface area contributed by atoms with Gasteiger partial charge in [-0.15, -0.1) is 11.3 Å². The summed E-state index contributed by atoms with van der Waals surface area (Å²) in [7, 11) is 0. The molecule has 2 heterocycles. The molecule has 0 fully saturated rings. The maximum Gasteiger partial charge on any atom is 0.165 e. The zero-order valence-corrected chi connectivity index (χ0v) is 30.5. The third kappa shape index (κ3) is 5.22. The SMILES string of the molecule is c1ccc(-c2ccc3ccccc3c2-c2nc(-c3ccc(-c4cccc5ccccc45)c4ccccc34)nc(-c3cccc4c3sc3ccccc34)n2)cc1. The van der Waals surface area contributed by atoms with E-state index in [2.05, 4.69) is 188 Å². The van der Waals surface area contributed by atoms with Crippen LogP contribution in [0.4, 0.5) is 0 Å². The number of hydrogen-bond acceptors (Lipinski definition) is 4. The molecule has 11 aromatic rings. The highest BCUT2D eigenvalue weighted by Crippen LogP contribution is 2.43. The summed E-state index contributed by atoms with van der Waals surface area (Å²) in [5, 5.41) is 9.39. The van der Waals surface area contributed by atoms with Crippen LogP contribution in [0.3, 0.4) is 0 Å². The third-order valence-corrected chi connectivity index (χ3v) is 12.0. The van der Waals surface area contributed by atoms with E-state index in [1.54, 1.807) is 11.3 Å². The van der Waals surface area contributed by atoms with Crippen LogP contribution in [0.15, 0.2) is 188 Å². The highest BCUT2D eigenvalue weighted by atomic mass is 32.1. The number of nitrogens with zero attached hydrogens (tertiary/aromatic N) is 3. The van der Waals surface area contributed by atoms with Gasteiger partial charge in [0.1, 0.15) is 0 Å². The Labute approximate surface area is 321 Å². The first-order chi connectivity index (χ1) is 27.3. The van der Waals surface area contributed by atoms with Crippen molar-refractivity contribution in [3.8, 4) is 56.4 Å². The zero-order chi connectivity index (χ0) is 36.3. The molecule has 11 rings (SSSR count). The summed E-state index contributed by atoms with van der Waals surface area (Å²) in [4.78, 5) is 16.3. The number of fused-ring (bicyclic) bond motifs is 6. The number of aromatic nitrogens is 3. The van der Waals surface area contributed by atoms with E-state index in [1.807, 2.05) is 0 Å². The Balaban J connectivity index is 1.22. The van der Waals surface area contributed by atoms with Gasteiger partial charge < -0.3 is 0 Å². The first kappa shape index (κ1) is 31.5. The summed E-state index contributed by atoms with van der Waals surface area (Å²) in [6.45, 7) is 0. The normalized spacial score (nSPS) is 11.6. The molecule has 9 aromatic carbocycles. The van der Waals surface area contributed by atoms with Crippen molar-refractivity contribution in [2.24, 2.45) is 0 Å². The van der Waals surface area contributed by atoms with Crippen molar-refractivity contribution in [2.75, 3.05) is 0 Å². The van der Waals surface area contributed by atoms with Gasteiger partial charge in [-0.1, -0.05) is 170 Å². The van der Waals surface area contributed by atoms with E-state index in [-0.39, 0.29) is 0 Å². The highest BCUT2D eigenvalue weighted by molar-refractivity contribution is 7.26. The first-order valence-corrected chi connectivity index (χ1v) is 19.3. The molecule has 55 heavy (non-hydrogen) atoms. The lowest BCUT2D eigenvalue weighted by atomic mass is 9.91. The second kappa shape index (κ2) is 12.8. The van der Waals surface area contributed by atoms with Gasteiger partial charge in [-0.2, -0.15) is 0 Å². The molecule has 4 heteroatoms. The van der Waals surface area contributed by atoms with E-state index in [0.717, 1.165) is 49.4 Å². The minimum atomic E-state index is 0.644. The molecule has 256 valence electrons. The Kier molecular flexibility index (Phi) is 7.35. The van der Waals surface area contributed by atoms with E-state index in [9.17, 15) is 0 Å². The first-order valence-electron chi connectivity index (χ1n) is 18.5. The standard InChI is InChI=1S/C51H31N3S/c1-2-14-33(15-3-1)37-29-28-34-17-5-7-20-36(34)47(37)51-53-49(52-50(54-51)45-26-13-25-43-42-23-10-11-27-46(42)55-48(43)45)44-31-30-41(39-21-8-9-22-40(39)44)38-24-12-18-32-16-4-6-19-35(32)38/h1-31H. The number of thiophene rings is 1. The number of benzene rings is 9. The minimum Gasteiger partial charge on any atom is -0.208 e. The number of rotatable bonds is 5. The van der Waals surface area contributed by atoms with Gasteiger partial charge in [-0.05, 0) is 72.8 Å². The second-order valence-corrected chi connectivity index (χ2v) is 14.9.